The number of hydrogen-bond donors (Lipinski definition) is 1. The minimum Gasteiger partial charge on any atom is -0.337 e. The van der Waals surface area contributed by atoms with Gasteiger partial charge in [-0.25, -0.2) is 14.4 Å². The van der Waals surface area contributed by atoms with Crippen LogP contribution >= 0.6 is 0 Å². The molecule has 3 aromatic rings. The number of anilines is 2. The lowest BCUT2D eigenvalue weighted by Gasteiger charge is -2.21. The van der Waals surface area contributed by atoms with Crippen LogP contribution < -0.4 is 10.2 Å². The van der Waals surface area contributed by atoms with E-state index in [0.29, 0.717) is 24.7 Å². The molecule has 0 saturated carbocycles. The second-order valence-electron chi connectivity index (χ2n) is 5.71. The fourth-order valence-corrected chi connectivity index (χ4v) is 2.52. The number of nitrogens with one attached hydrogen (secondary N) is 1. The molecule has 26 heavy (non-hydrogen) atoms. The van der Waals surface area contributed by atoms with Crippen LogP contribution in [0.1, 0.15) is 23.0 Å². The summed E-state index contributed by atoms with van der Waals surface area (Å²) in [5, 5.41) is 2.65. The number of amides is 1. The van der Waals surface area contributed by atoms with E-state index in [-0.39, 0.29) is 5.69 Å². The Morgan fingerprint density at radius 3 is 2.65 bits per heavy atom. The number of nitrogens with zero attached hydrogens (tertiary/aromatic N) is 3. The van der Waals surface area contributed by atoms with Gasteiger partial charge in [0.05, 0.1) is 0 Å². The molecule has 0 radical (unpaired) electrons. The van der Waals surface area contributed by atoms with Crippen LogP contribution in [0.4, 0.5) is 16.0 Å². The molecular weight excluding hydrogens is 331 g/mol. The molecule has 0 aliphatic heterocycles. The van der Waals surface area contributed by atoms with Crippen LogP contribution in [0.5, 0.6) is 0 Å². The quantitative estimate of drug-likeness (QED) is 0.733. The average molecular weight is 350 g/mol. The number of aromatic nitrogens is 2. The molecule has 2 aromatic carbocycles. The molecule has 0 aliphatic carbocycles. The van der Waals surface area contributed by atoms with Crippen molar-refractivity contribution in [2.75, 3.05) is 16.8 Å². The van der Waals surface area contributed by atoms with Gasteiger partial charge in [-0.15, -0.1) is 0 Å². The summed E-state index contributed by atoms with van der Waals surface area (Å²) in [5.41, 5.74) is 1.74. The molecule has 0 atom stereocenters. The van der Waals surface area contributed by atoms with Crippen molar-refractivity contribution >= 4 is 17.5 Å². The van der Waals surface area contributed by atoms with E-state index in [0.717, 1.165) is 5.56 Å². The minimum absolute atomic E-state index is 0.228. The standard InChI is InChI=1S/C20H19FN4O/c1-2-25(14-15-7-4-3-5-8-15)20-22-12-11-18(24-20)19(26)23-17-10-6-9-16(21)13-17/h3-13H,2,14H2,1H3,(H,23,26). The van der Waals surface area contributed by atoms with Gasteiger partial charge in [0.1, 0.15) is 11.5 Å². The van der Waals surface area contributed by atoms with E-state index in [9.17, 15) is 9.18 Å². The summed E-state index contributed by atoms with van der Waals surface area (Å²) >= 11 is 0. The number of benzene rings is 2. The highest BCUT2D eigenvalue weighted by molar-refractivity contribution is 6.02. The largest absolute Gasteiger partial charge is 0.337 e. The summed E-state index contributed by atoms with van der Waals surface area (Å²) < 4.78 is 13.3. The molecule has 1 amide bonds. The van der Waals surface area contributed by atoms with Crippen molar-refractivity contribution < 1.29 is 9.18 Å². The predicted octanol–water partition coefficient (Wildman–Crippen LogP) is 3.89. The van der Waals surface area contributed by atoms with Crippen molar-refractivity contribution in [3.05, 3.63) is 83.9 Å². The number of halogens is 1. The maximum Gasteiger partial charge on any atom is 0.274 e. The van der Waals surface area contributed by atoms with Crippen LogP contribution in [-0.4, -0.2) is 22.4 Å². The van der Waals surface area contributed by atoms with Gasteiger partial charge in [0.25, 0.3) is 5.91 Å². The van der Waals surface area contributed by atoms with Gasteiger partial charge in [0.2, 0.25) is 5.95 Å². The Morgan fingerprint density at radius 1 is 1.12 bits per heavy atom. The second-order valence-corrected chi connectivity index (χ2v) is 5.71. The van der Waals surface area contributed by atoms with Crippen LogP contribution in [0.3, 0.4) is 0 Å². The predicted molar refractivity (Wildman–Crippen MR) is 99.6 cm³/mol. The Morgan fingerprint density at radius 2 is 1.92 bits per heavy atom. The first-order valence-corrected chi connectivity index (χ1v) is 8.34. The summed E-state index contributed by atoms with van der Waals surface area (Å²) in [7, 11) is 0. The Kier molecular flexibility index (Phi) is 5.53. The zero-order valence-electron chi connectivity index (χ0n) is 14.4. The van der Waals surface area contributed by atoms with Crippen LogP contribution in [-0.2, 0) is 6.54 Å². The maximum absolute atomic E-state index is 13.3. The van der Waals surface area contributed by atoms with E-state index >= 15 is 0 Å². The van der Waals surface area contributed by atoms with E-state index in [2.05, 4.69) is 15.3 Å². The number of carbonyl (C=O) groups excluding carboxylic acids is 1. The Bertz CT molecular complexity index is 886. The Balaban J connectivity index is 1.77. The molecule has 3 rings (SSSR count). The molecule has 0 fully saturated rings. The van der Waals surface area contributed by atoms with Crippen molar-refractivity contribution in [1.29, 1.82) is 0 Å². The van der Waals surface area contributed by atoms with Crippen LogP contribution in [0, 0.1) is 5.82 Å². The van der Waals surface area contributed by atoms with Crippen molar-refractivity contribution in [1.82, 2.24) is 9.97 Å². The number of carbonyl (C=O) groups is 1. The summed E-state index contributed by atoms with van der Waals surface area (Å²) in [6.07, 6.45) is 1.55. The average Bonchev–Trinajstić information content (AvgIpc) is 2.67. The molecule has 1 N–H and O–H groups in total. The SMILES string of the molecule is CCN(Cc1ccccc1)c1nccc(C(=O)Nc2cccc(F)c2)n1. The highest BCUT2D eigenvalue weighted by Crippen LogP contribution is 2.14. The highest BCUT2D eigenvalue weighted by Gasteiger charge is 2.13. The first kappa shape index (κ1) is 17.5. The smallest absolute Gasteiger partial charge is 0.274 e. The van der Waals surface area contributed by atoms with E-state index in [4.69, 9.17) is 0 Å². The third kappa shape index (κ3) is 4.42. The first-order chi connectivity index (χ1) is 12.7. The van der Waals surface area contributed by atoms with E-state index < -0.39 is 11.7 Å². The van der Waals surface area contributed by atoms with Gasteiger partial charge in [0.15, 0.2) is 0 Å². The summed E-state index contributed by atoms with van der Waals surface area (Å²) in [5.74, 6) is -0.343. The Hall–Kier alpha value is -3.28. The minimum atomic E-state index is -0.411. The number of rotatable bonds is 6. The topological polar surface area (TPSA) is 58.1 Å². The van der Waals surface area contributed by atoms with Gasteiger partial charge < -0.3 is 10.2 Å². The van der Waals surface area contributed by atoms with Gasteiger partial charge in [-0.3, -0.25) is 4.79 Å². The van der Waals surface area contributed by atoms with Crippen molar-refractivity contribution in [3.63, 3.8) is 0 Å². The molecule has 6 heteroatoms. The van der Waals surface area contributed by atoms with E-state index in [1.807, 2.05) is 42.2 Å². The molecule has 1 heterocycles. The van der Waals surface area contributed by atoms with E-state index in [1.54, 1.807) is 12.3 Å². The zero-order chi connectivity index (χ0) is 18.4. The summed E-state index contributed by atoms with van der Waals surface area (Å²) in [6.45, 7) is 3.35. The lowest BCUT2D eigenvalue weighted by molar-refractivity contribution is 0.102. The molecule has 0 unspecified atom stereocenters. The molecule has 132 valence electrons. The zero-order valence-corrected chi connectivity index (χ0v) is 14.4. The fourth-order valence-electron chi connectivity index (χ4n) is 2.52. The van der Waals surface area contributed by atoms with Gasteiger partial charge in [0, 0.05) is 25.0 Å². The summed E-state index contributed by atoms with van der Waals surface area (Å²) in [6, 6.07) is 17.3. The molecule has 1 aromatic heterocycles. The van der Waals surface area contributed by atoms with Gasteiger partial charge in [-0.2, -0.15) is 0 Å². The van der Waals surface area contributed by atoms with Gasteiger partial charge >= 0.3 is 0 Å². The van der Waals surface area contributed by atoms with E-state index in [1.165, 1.54) is 24.3 Å². The molecule has 0 bridgehead atoms. The fraction of sp³-hybridized carbons (Fsp3) is 0.150. The lowest BCUT2D eigenvalue weighted by Crippen LogP contribution is -2.25. The summed E-state index contributed by atoms with van der Waals surface area (Å²) in [4.78, 5) is 23.0. The van der Waals surface area contributed by atoms with Crippen molar-refractivity contribution in [3.8, 4) is 0 Å². The second kappa shape index (κ2) is 8.20. The van der Waals surface area contributed by atoms with Crippen LogP contribution in [0.15, 0.2) is 66.9 Å². The van der Waals surface area contributed by atoms with Crippen LogP contribution in [0.25, 0.3) is 0 Å². The van der Waals surface area contributed by atoms with Gasteiger partial charge in [-0.05, 0) is 36.8 Å². The van der Waals surface area contributed by atoms with Crippen LogP contribution in [0.2, 0.25) is 0 Å². The van der Waals surface area contributed by atoms with Gasteiger partial charge in [-0.1, -0.05) is 36.4 Å². The van der Waals surface area contributed by atoms with Crippen molar-refractivity contribution in [2.45, 2.75) is 13.5 Å². The molecule has 0 aliphatic rings. The third-order valence-electron chi connectivity index (χ3n) is 3.84. The normalized spacial score (nSPS) is 10.4. The molecular formula is C20H19FN4O. The molecule has 5 nitrogen and oxygen atoms in total. The third-order valence-corrected chi connectivity index (χ3v) is 3.84. The maximum atomic E-state index is 13.3. The molecule has 0 spiro atoms. The first-order valence-electron chi connectivity index (χ1n) is 8.34. The number of hydrogen-bond acceptors (Lipinski definition) is 4. The highest BCUT2D eigenvalue weighted by atomic mass is 19.1. The van der Waals surface area contributed by atoms with Crippen molar-refractivity contribution in [2.24, 2.45) is 0 Å². The lowest BCUT2D eigenvalue weighted by atomic mass is 10.2. The Labute approximate surface area is 151 Å². The monoisotopic (exact) mass is 350 g/mol. The molecule has 0 saturated heterocycles.